The predicted molar refractivity (Wildman–Crippen MR) is 117 cm³/mol. The SMILES string of the molecule is N#Cc1cccc(NC(=O)c2ccc(Nc3ccc(N4CCCCC4)cc3)nn2)c1. The van der Waals surface area contributed by atoms with Gasteiger partial charge in [0.25, 0.3) is 5.91 Å². The number of piperidine rings is 1. The van der Waals surface area contributed by atoms with Crippen molar-refractivity contribution in [2.45, 2.75) is 19.3 Å². The van der Waals surface area contributed by atoms with Crippen LogP contribution >= 0.6 is 0 Å². The number of amides is 1. The van der Waals surface area contributed by atoms with Crippen molar-refractivity contribution in [3.8, 4) is 6.07 Å². The highest BCUT2D eigenvalue weighted by Gasteiger charge is 2.11. The topological polar surface area (TPSA) is 93.9 Å². The van der Waals surface area contributed by atoms with Crippen LogP contribution in [0.1, 0.15) is 35.3 Å². The van der Waals surface area contributed by atoms with Gasteiger partial charge in [0.05, 0.1) is 11.6 Å². The molecule has 2 N–H and O–H groups in total. The lowest BCUT2D eigenvalue weighted by Crippen LogP contribution is -2.29. The smallest absolute Gasteiger partial charge is 0.276 e. The Balaban J connectivity index is 1.37. The minimum Gasteiger partial charge on any atom is -0.372 e. The molecule has 2 aromatic carbocycles. The molecule has 1 fully saturated rings. The first-order valence-electron chi connectivity index (χ1n) is 9.98. The number of hydrogen-bond donors (Lipinski definition) is 2. The number of carbonyl (C=O) groups is 1. The third-order valence-corrected chi connectivity index (χ3v) is 5.01. The molecule has 0 radical (unpaired) electrons. The number of nitrogens with one attached hydrogen (secondary N) is 2. The summed E-state index contributed by atoms with van der Waals surface area (Å²) in [6, 6.07) is 20.3. The molecule has 0 atom stereocenters. The molecule has 1 amide bonds. The fraction of sp³-hybridized carbons (Fsp3) is 0.217. The second-order valence-corrected chi connectivity index (χ2v) is 7.17. The molecule has 1 saturated heterocycles. The molecule has 0 unspecified atom stereocenters. The first kappa shape index (κ1) is 19.4. The highest BCUT2D eigenvalue weighted by atomic mass is 16.1. The number of anilines is 4. The number of nitrogens with zero attached hydrogens (tertiary/aromatic N) is 4. The second-order valence-electron chi connectivity index (χ2n) is 7.17. The van der Waals surface area contributed by atoms with Crippen molar-refractivity contribution in [3.63, 3.8) is 0 Å². The Morgan fingerprint density at radius 3 is 2.43 bits per heavy atom. The first-order valence-corrected chi connectivity index (χ1v) is 9.98. The van der Waals surface area contributed by atoms with E-state index < -0.39 is 0 Å². The van der Waals surface area contributed by atoms with Crippen LogP contribution in [0.5, 0.6) is 0 Å². The monoisotopic (exact) mass is 398 g/mol. The van der Waals surface area contributed by atoms with Crippen LogP contribution in [0.3, 0.4) is 0 Å². The normalized spacial score (nSPS) is 13.4. The van der Waals surface area contributed by atoms with Gasteiger partial charge < -0.3 is 15.5 Å². The van der Waals surface area contributed by atoms with Crippen molar-refractivity contribution in [3.05, 3.63) is 71.9 Å². The first-order chi connectivity index (χ1) is 14.7. The van der Waals surface area contributed by atoms with Crippen LogP contribution in [-0.4, -0.2) is 29.2 Å². The second kappa shape index (κ2) is 9.05. The Morgan fingerprint density at radius 2 is 1.73 bits per heavy atom. The fourth-order valence-electron chi connectivity index (χ4n) is 3.44. The van der Waals surface area contributed by atoms with Crippen LogP contribution < -0.4 is 15.5 Å². The quantitative estimate of drug-likeness (QED) is 0.664. The van der Waals surface area contributed by atoms with Crippen molar-refractivity contribution in [2.75, 3.05) is 28.6 Å². The molecule has 0 aliphatic carbocycles. The van der Waals surface area contributed by atoms with Crippen molar-refractivity contribution in [2.24, 2.45) is 0 Å². The van der Waals surface area contributed by atoms with E-state index in [0.717, 1.165) is 18.8 Å². The maximum Gasteiger partial charge on any atom is 0.276 e. The van der Waals surface area contributed by atoms with Crippen LogP contribution in [0, 0.1) is 11.3 Å². The molecule has 0 spiro atoms. The molecule has 3 aromatic rings. The van der Waals surface area contributed by atoms with E-state index in [-0.39, 0.29) is 11.6 Å². The van der Waals surface area contributed by atoms with E-state index in [9.17, 15) is 4.79 Å². The summed E-state index contributed by atoms with van der Waals surface area (Å²) < 4.78 is 0. The maximum atomic E-state index is 12.3. The summed E-state index contributed by atoms with van der Waals surface area (Å²) in [7, 11) is 0. The average Bonchev–Trinajstić information content (AvgIpc) is 2.81. The van der Waals surface area contributed by atoms with Gasteiger partial charge in [0, 0.05) is 30.2 Å². The summed E-state index contributed by atoms with van der Waals surface area (Å²) in [6.07, 6.45) is 3.81. The van der Waals surface area contributed by atoms with E-state index in [1.165, 1.54) is 24.9 Å². The van der Waals surface area contributed by atoms with Gasteiger partial charge >= 0.3 is 0 Å². The summed E-state index contributed by atoms with van der Waals surface area (Å²) in [5, 5.41) is 23.0. The predicted octanol–water partition coefficient (Wildman–Crippen LogP) is 4.33. The highest BCUT2D eigenvalue weighted by molar-refractivity contribution is 6.02. The Morgan fingerprint density at radius 1 is 0.933 bits per heavy atom. The Kier molecular flexibility index (Phi) is 5.85. The van der Waals surface area contributed by atoms with Crippen molar-refractivity contribution in [1.82, 2.24) is 10.2 Å². The molecule has 0 saturated carbocycles. The van der Waals surface area contributed by atoms with Crippen molar-refractivity contribution >= 4 is 28.8 Å². The summed E-state index contributed by atoms with van der Waals surface area (Å²) in [6.45, 7) is 2.23. The number of rotatable bonds is 5. The average molecular weight is 398 g/mol. The van der Waals surface area contributed by atoms with E-state index in [1.807, 2.05) is 18.2 Å². The van der Waals surface area contributed by atoms with Gasteiger partial charge in [-0.3, -0.25) is 4.79 Å². The van der Waals surface area contributed by atoms with Crippen LogP contribution in [0.25, 0.3) is 0 Å². The number of hydrogen-bond acceptors (Lipinski definition) is 6. The van der Waals surface area contributed by atoms with Gasteiger partial charge in [-0.05, 0) is 73.9 Å². The van der Waals surface area contributed by atoms with Gasteiger partial charge in [0.15, 0.2) is 11.5 Å². The standard InChI is InChI=1S/C23H22N6O/c24-16-17-5-4-6-19(15-17)26-23(30)21-11-12-22(28-27-21)25-18-7-9-20(10-8-18)29-13-2-1-3-14-29/h4-12,15H,1-3,13-14H2,(H,25,28)(H,26,30). The van der Waals surface area contributed by atoms with Gasteiger partial charge in [-0.1, -0.05) is 6.07 Å². The zero-order valence-corrected chi connectivity index (χ0v) is 16.5. The summed E-state index contributed by atoms with van der Waals surface area (Å²) in [4.78, 5) is 14.8. The lowest BCUT2D eigenvalue weighted by atomic mass is 10.1. The summed E-state index contributed by atoms with van der Waals surface area (Å²) in [5.41, 5.74) is 3.36. The van der Waals surface area contributed by atoms with E-state index in [1.54, 1.807) is 36.4 Å². The minimum absolute atomic E-state index is 0.198. The number of carbonyl (C=O) groups excluding carboxylic acids is 1. The molecule has 1 aliphatic rings. The van der Waals surface area contributed by atoms with E-state index in [2.05, 4.69) is 37.9 Å². The molecule has 0 bridgehead atoms. The molecule has 4 rings (SSSR count). The van der Waals surface area contributed by atoms with E-state index in [4.69, 9.17) is 5.26 Å². The third-order valence-electron chi connectivity index (χ3n) is 5.01. The summed E-state index contributed by atoms with van der Waals surface area (Å²) in [5.74, 6) is 0.179. The van der Waals surface area contributed by atoms with Gasteiger partial charge in [0.1, 0.15) is 0 Å². The Hall–Kier alpha value is -3.92. The lowest BCUT2D eigenvalue weighted by molar-refractivity contribution is 0.102. The van der Waals surface area contributed by atoms with Gasteiger partial charge in [-0.25, -0.2) is 0 Å². The van der Waals surface area contributed by atoms with E-state index >= 15 is 0 Å². The van der Waals surface area contributed by atoms with E-state index in [0.29, 0.717) is 17.1 Å². The number of aromatic nitrogens is 2. The van der Waals surface area contributed by atoms with Crippen LogP contribution in [-0.2, 0) is 0 Å². The van der Waals surface area contributed by atoms with Crippen molar-refractivity contribution < 1.29 is 4.79 Å². The van der Waals surface area contributed by atoms with Crippen LogP contribution in [0.15, 0.2) is 60.7 Å². The lowest BCUT2D eigenvalue weighted by Gasteiger charge is -2.28. The minimum atomic E-state index is -0.380. The Labute approximate surface area is 175 Å². The molecule has 1 aromatic heterocycles. The number of nitriles is 1. The maximum absolute atomic E-state index is 12.3. The van der Waals surface area contributed by atoms with Crippen molar-refractivity contribution in [1.29, 1.82) is 5.26 Å². The zero-order chi connectivity index (χ0) is 20.8. The molecule has 150 valence electrons. The molecular weight excluding hydrogens is 376 g/mol. The molecule has 1 aliphatic heterocycles. The molecule has 7 heteroatoms. The Bertz CT molecular complexity index is 1050. The van der Waals surface area contributed by atoms with Gasteiger partial charge in [0.2, 0.25) is 0 Å². The molecule has 2 heterocycles. The molecule has 30 heavy (non-hydrogen) atoms. The highest BCUT2D eigenvalue weighted by Crippen LogP contribution is 2.23. The molecular formula is C23H22N6O. The molecule has 7 nitrogen and oxygen atoms in total. The third kappa shape index (κ3) is 4.73. The number of benzene rings is 2. The fourth-order valence-corrected chi connectivity index (χ4v) is 3.44. The van der Waals surface area contributed by atoms with Crippen LogP contribution in [0.4, 0.5) is 22.9 Å². The zero-order valence-electron chi connectivity index (χ0n) is 16.5. The van der Waals surface area contributed by atoms with Gasteiger partial charge in [-0.2, -0.15) is 5.26 Å². The summed E-state index contributed by atoms with van der Waals surface area (Å²) >= 11 is 0. The largest absolute Gasteiger partial charge is 0.372 e. The van der Waals surface area contributed by atoms with Crippen LogP contribution in [0.2, 0.25) is 0 Å². The van der Waals surface area contributed by atoms with Gasteiger partial charge in [-0.15, -0.1) is 10.2 Å².